The van der Waals surface area contributed by atoms with E-state index in [1.165, 1.54) is 0 Å². The second-order valence-electron chi connectivity index (χ2n) is 4.79. The van der Waals surface area contributed by atoms with Crippen molar-refractivity contribution in [2.75, 3.05) is 6.61 Å². The quantitative estimate of drug-likeness (QED) is 0.876. The molecule has 2 atom stereocenters. The van der Waals surface area contributed by atoms with Crippen molar-refractivity contribution in [3.05, 3.63) is 71.8 Å². The van der Waals surface area contributed by atoms with E-state index in [1.807, 2.05) is 67.6 Å². The summed E-state index contributed by atoms with van der Waals surface area (Å²) in [7, 11) is 0. The summed E-state index contributed by atoms with van der Waals surface area (Å²) < 4.78 is 0. The Balaban J connectivity index is 2.06. The van der Waals surface area contributed by atoms with E-state index in [0.29, 0.717) is 0 Å². The van der Waals surface area contributed by atoms with Gasteiger partial charge in [-0.3, -0.25) is 4.79 Å². The number of carbonyl (C=O) groups excluding carboxylic acids is 1. The van der Waals surface area contributed by atoms with Crippen LogP contribution in [0.15, 0.2) is 60.7 Å². The van der Waals surface area contributed by atoms with Gasteiger partial charge in [0.1, 0.15) is 0 Å². The van der Waals surface area contributed by atoms with Gasteiger partial charge in [0.15, 0.2) is 0 Å². The van der Waals surface area contributed by atoms with Gasteiger partial charge in [-0.15, -0.1) is 0 Å². The molecule has 0 saturated heterocycles. The average Bonchev–Trinajstić information content (AvgIpc) is 2.53. The van der Waals surface area contributed by atoms with Crippen molar-refractivity contribution in [1.29, 1.82) is 0 Å². The Morgan fingerprint density at radius 1 is 1.00 bits per heavy atom. The molecule has 2 unspecified atom stereocenters. The first kappa shape index (κ1) is 14.3. The number of hydrogen-bond acceptors (Lipinski definition) is 2. The molecule has 0 spiro atoms. The Hall–Kier alpha value is -2.13. The highest BCUT2D eigenvalue weighted by Gasteiger charge is 2.19. The summed E-state index contributed by atoms with van der Waals surface area (Å²) in [6.45, 7) is 1.75. The van der Waals surface area contributed by atoms with Crippen LogP contribution in [0.5, 0.6) is 0 Å². The van der Waals surface area contributed by atoms with Crippen LogP contribution < -0.4 is 5.32 Å². The van der Waals surface area contributed by atoms with Gasteiger partial charge in [0.2, 0.25) is 5.91 Å². The smallest absolute Gasteiger partial charge is 0.227 e. The topological polar surface area (TPSA) is 49.3 Å². The van der Waals surface area contributed by atoms with Crippen molar-refractivity contribution >= 4 is 5.91 Å². The molecule has 0 aliphatic rings. The Morgan fingerprint density at radius 2 is 1.50 bits per heavy atom. The Bertz CT molecular complexity index is 539. The van der Waals surface area contributed by atoms with Gasteiger partial charge in [-0.1, -0.05) is 60.7 Å². The van der Waals surface area contributed by atoms with E-state index in [2.05, 4.69) is 5.32 Å². The van der Waals surface area contributed by atoms with Crippen molar-refractivity contribution < 1.29 is 9.90 Å². The zero-order chi connectivity index (χ0) is 14.4. The van der Waals surface area contributed by atoms with Crippen molar-refractivity contribution in [1.82, 2.24) is 5.32 Å². The minimum absolute atomic E-state index is 0.0842. The van der Waals surface area contributed by atoms with Gasteiger partial charge >= 0.3 is 0 Å². The number of hydrogen-bond donors (Lipinski definition) is 2. The summed E-state index contributed by atoms with van der Waals surface area (Å²) in [5.41, 5.74) is 1.87. The fourth-order valence-electron chi connectivity index (χ4n) is 2.11. The number of rotatable bonds is 5. The van der Waals surface area contributed by atoms with Crippen molar-refractivity contribution in [2.24, 2.45) is 0 Å². The maximum absolute atomic E-state index is 12.3. The molecule has 0 heterocycles. The van der Waals surface area contributed by atoms with E-state index in [4.69, 9.17) is 0 Å². The number of aliphatic hydroxyl groups excluding tert-OH is 1. The molecule has 0 fully saturated rings. The highest BCUT2D eigenvalue weighted by atomic mass is 16.3. The van der Waals surface area contributed by atoms with E-state index in [9.17, 15) is 9.90 Å². The third kappa shape index (κ3) is 3.45. The standard InChI is InChI=1S/C17H19NO2/c1-13(14-8-4-2-5-9-14)17(20)18-16(12-19)15-10-6-3-7-11-15/h2-11,13,16,19H,12H2,1H3,(H,18,20). The summed E-state index contributed by atoms with van der Waals surface area (Å²) in [6, 6.07) is 18.7. The number of carbonyl (C=O) groups is 1. The van der Waals surface area contributed by atoms with Crippen LogP contribution in [-0.4, -0.2) is 17.6 Å². The number of aliphatic hydroxyl groups is 1. The predicted molar refractivity (Wildman–Crippen MR) is 79.3 cm³/mol. The third-order valence-corrected chi connectivity index (χ3v) is 3.39. The van der Waals surface area contributed by atoms with Gasteiger partial charge in [0, 0.05) is 0 Å². The zero-order valence-electron chi connectivity index (χ0n) is 11.5. The van der Waals surface area contributed by atoms with Gasteiger partial charge in [0.05, 0.1) is 18.6 Å². The first-order chi connectivity index (χ1) is 9.72. The largest absolute Gasteiger partial charge is 0.394 e. The van der Waals surface area contributed by atoms with Crippen LogP contribution in [0, 0.1) is 0 Å². The fourth-order valence-corrected chi connectivity index (χ4v) is 2.11. The third-order valence-electron chi connectivity index (χ3n) is 3.39. The van der Waals surface area contributed by atoms with E-state index < -0.39 is 0 Å². The highest BCUT2D eigenvalue weighted by molar-refractivity contribution is 5.83. The number of nitrogens with one attached hydrogen (secondary N) is 1. The van der Waals surface area contributed by atoms with Crippen molar-refractivity contribution in [3.63, 3.8) is 0 Å². The molecule has 2 rings (SSSR count). The molecule has 2 aromatic carbocycles. The second-order valence-corrected chi connectivity index (χ2v) is 4.79. The van der Waals surface area contributed by atoms with Crippen LogP contribution in [0.25, 0.3) is 0 Å². The lowest BCUT2D eigenvalue weighted by Gasteiger charge is -2.20. The Morgan fingerprint density at radius 3 is 2.00 bits per heavy atom. The summed E-state index contributed by atoms with van der Waals surface area (Å²) in [6.07, 6.45) is 0. The predicted octanol–water partition coefficient (Wildman–Crippen LogP) is 2.64. The number of benzene rings is 2. The molecule has 0 radical (unpaired) electrons. The molecule has 3 nitrogen and oxygen atoms in total. The average molecular weight is 269 g/mol. The van der Waals surface area contributed by atoms with Crippen LogP contribution in [0.1, 0.15) is 30.0 Å². The molecule has 104 valence electrons. The lowest BCUT2D eigenvalue weighted by molar-refractivity contribution is -0.123. The van der Waals surface area contributed by atoms with Crippen LogP contribution in [0.2, 0.25) is 0 Å². The van der Waals surface area contributed by atoms with E-state index in [-0.39, 0.29) is 24.5 Å². The molecular formula is C17H19NO2. The Labute approximate surface area is 119 Å². The molecule has 0 aliphatic carbocycles. The first-order valence-corrected chi connectivity index (χ1v) is 6.73. The summed E-state index contributed by atoms with van der Waals surface area (Å²) >= 11 is 0. The molecule has 3 heteroatoms. The van der Waals surface area contributed by atoms with Gasteiger partial charge in [0.25, 0.3) is 0 Å². The van der Waals surface area contributed by atoms with Crippen LogP contribution in [-0.2, 0) is 4.79 Å². The fraction of sp³-hybridized carbons (Fsp3) is 0.235. The SMILES string of the molecule is CC(C(=O)NC(CO)c1ccccc1)c1ccccc1. The minimum Gasteiger partial charge on any atom is -0.394 e. The Kier molecular flexibility index (Phi) is 4.91. The normalized spacial score (nSPS) is 13.5. The van der Waals surface area contributed by atoms with E-state index >= 15 is 0 Å². The van der Waals surface area contributed by atoms with Crippen LogP contribution in [0.4, 0.5) is 0 Å². The highest BCUT2D eigenvalue weighted by Crippen LogP contribution is 2.18. The van der Waals surface area contributed by atoms with Crippen LogP contribution >= 0.6 is 0 Å². The molecular weight excluding hydrogens is 250 g/mol. The molecule has 20 heavy (non-hydrogen) atoms. The van der Waals surface area contributed by atoms with Crippen LogP contribution in [0.3, 0.4) is 0 Å². The maximum atomic E-state index is 12.3. The molecule has 0 saturated carbocycles. The molecule has 0 bridgehead atoms. The molecule has 0 aromatic heterocycles. The van der Waals surface area contributed by atoms with Gasteiger partial charge in [-0.2, -0.15) is 0 Å². The molecule has 2 N–H and O–H groups in total. The molecule has 2 aromatic rings. The molecule has 1 amide bonds. The van der Waals surface area contributed by atoms with Crippen molar-refractivity contribution in [2.45, 2.75) is 18.9 Å². The summed E-state index contributed by atoms with van der Waals surface area (Å²) in [4.78, 5) is 12.3. The van der Waals surface area contributed by atoms with Gasteiger partial charge in [-0.05, 0) is 18.1 Å². The lowest BCUT2D eigenvalue weighted by atomic mass is 9.99. The van der Waals surface area contributed by atoms with E-state index in [1.54, 1.807) is 0 Å². The van der Waals surface area contributed by atoms with Gasteiger partial charge < -0.3 is 10.4 Å². The monoisotopic (exact) mass is 269 g/mol. The molecule has 0 aliphatic heterocycles. The summed E-state index contributed by atoms with van der Waals surface area (Å²) in [5, 5.41) is 12.4. The second kappa shape index (κ2) is 6.87. The maximum Gasteiger partial charge on any atom is 0.227 e. The van der Waals surface area contributed by atoms with E-state index in [0.717, 1.165) is 11.1 Å². The lowest BCUT2D eigenvalue weighted by Crippen LogP contribution is -2.33. The minimum atomic E-state index is -0.366. The number of amides is 1. The van der Waals surface area contributed by atoms with Gasteiger partial charge in [-0.25, -0.2) is 0 Å². The van der Waals surface area contributed by atoms with Crippen molar-refractivity contribution in [3.8, 4) is 0 Å². The first-order valence-electron chi connectivity index (χ1n) is 6.73. The summed E-state index contributed by atoms with van der Waals surface area (Å²) in [5.74, 6) is -0.326. The zero-order valence-corrected chi connectivity index (χ0v) is 11.5.